The van der Waals surface area contributed by atoms with Gasteiger partial charge in [0.15, 0.2) is 5.82 Å². The number of rotatable bonds is 2. The largest absolute Gasteiger partial charge is 0.396 e. The lowest BCUT2D eigenvalue weighted by Crippen LogP contribution is -2.36. The molecule has 0 bridgehead atoms. The number of nitrogen functional groups attached to an aromatic ring is 1. The molecule has 16 heavy (non-hydrogen) atoms. The van der Waals surface area contributed by atoms with Gasteiger partial charge < -0.3 is 10.6 Å². The van der Waals surface area contributed by atoms with Crippen LogP contribution in [0.1, 0.15) is 31.9 Å². The molecule has 88 valence electrons. The molecule has 0 amide bonds. The molecule has 1 aromatic rings. The van der Waals surface area contributed by atoms with Gasteiger partial charge in [0.2, 0.25) is 0 Å². The first kappa shape index (κ1) is 11.2. The van der Waals surface area contributed by atoms with E-state index in [0.29, 0.717) is 0 Å². The fourth-order valence-electron chi connectivity index (χ4n) is 2.40. The zero-order valence-corrected chi connectivity index (χ0v) is 10.2. The third kappa shape index (κ3) is 2.29. The second kappa shape index (κ2) is 4.73. The number of hydrogen-bond acceptors (Lipinski definition) is 3. The van der Waals surface area contributed by atoms with Gasteiger partial charge in [-0.15, -0.1) is 0 Å². The summed E-state index contributed by atoms with van der Waals surface area (Å²) in [5.74, 6) is 1.79. The highest BCUT2D eigenvalue weighted by Crippen LogP contribution is 2.27. The summed E-state index contributed by atoms with van der Waals surface area (Å²) in [6, 6.07) is 3.94. The number of hydrogen-bond donors (Lipinski definition) is 1. The Bertz CT molecular complexity index is 362. The maximum Gasteiger partial charge on any atom is 0.152 e. The van der Waals surface area contributed by atoms with Gasteiger partial charge in [-0.05, 0) is 37.8 Å². The van der Waals surface area contributed by atoms with Crippen LogP contribution in [0, 0.1) is 12.8 Å². The van der Waals surface area contributed by atoms with E-state index < -0.39 is 0 Å². The van der Waals surface area contributed by atoms with Crippen LogP contribution in [0.4, 0.5) is 11.5 Å². The minimum absolute atomic E-state index is 0.801. The fourth-order valence-corrected chi connectivity index (χ4v) is 2.40. The van der Waals surface area contributed by atoms with Crippen LogP contribution >= 0.6 is 0 Å². The number of anilines is 2. The van der Waals surface area contributed by atoms with Gasteiger partial charge in [-0.3, -0.25) is 0 Å². The molecule has 0 saturated carbocycles. The highest BCUT2D eigenvalue weighted by atomic mass is 15.2. The molecule has 0 spiro atoms. The lowest BCUT2D eigenvalue weighted by molar-refractivity contribution is 0.403. The first-order chi connectivity index (χ1) is 7.70. The molecular weight excluding hydrogens is 198 g/mol. The van der Waals surface area contributed by atoms with Crippen LogP contribution in [0.3, 0.4) is 0 Å². The average molecular weight is 219 g/mol. The number of aryl methyl sites for hydroxylation is 1. The summed E-state index contributed by atoms with van der Waals surface area (Å²) < 4.78 is 0. The summed E-state index contributed by atoms with van der Waals surface area (Å²) >= 11 is 0. The van der Waals surface area contributed by atoms with Gasteiger partial charge in [-0.25, -0.2) is 4.98 Å². The van der Waals surface area contributed by atoms with E-state index in [1.54, 1.807) is 0 Å². The van der Waals surface area contributed by atoms with E-state index in [-0.39, 0.29) is 0 Å². The van der Waals surface area contributed by atoms with Gasteiger partial charge >= 0.3 is 0 Å². The van der Waals surface area contributed by atoms with Gasteiger partial charge in [0.25, 0.3) is 0 Å². The van der Waals surface area contributed by atoms with Crippen molar-refractivity contribution in [2.45, 2.75) is 33.1 Å². The fraction of sp³-hybridized carbons (Fsp3) is 0.615. The third-order valence-corrected chi connectivity index (χ3v) is 3.44. The molecule has 1 aliphatic rings. The number of pyridine rings is 1. The zero-order chi connectivity index (χ0) is 11.5. The maximum absolute atomic E-state index is 6.00. The smallest absolute Gasteiger partial charge is 0.152 e. The Balaban J connectivity index is 2.19. The molecule has 1 aromatic heterocycles. The molecule has 3 heteroatoms. The summed E-state index contributed by atoms with van der Waals surface area (Å²) in [6.07, 6.45) is 3.86. The molecule has 0 aliphatic carbocycles. The number of nitrogens with zero attached hydrogens (tertiary/aromatic N) is 2. The Morgan fingerprint density at radius 2 is 2.31 bits per heavy atom. The minimum atomic E-state index is 0.801. The van der Waals surface area contributed by atoms with Crippen LogP contribution < -0.4 is 10.6 Å². The van der Waals surface area contributed by atoms with Crippen molar-refractivity contribution in [1.82, 2.24) is 4.98 Å². The van der Waals surface area contributed by atoms with Crippen molar-refractivity contribution >= 4 is 11.5 Å². The van der Waals surface area contributed by atoms with E-state index in [9.17, 15) is 0 Å². The highest BCUT2D eigenvalue weighted by Gasteiger charge is 2.20. The van der Waals surface area contributed by atoms with Crippen LogP contribution in [0.2, 0.25) is 0 Å². The molecule has 2 N–H and O–H groups in total. The second-order valence-corrected chi connectivity index (χ2v) is 4.73. The van der Waals surface area contributed by atoms with Crippen molar-refractivity contribution in [1.29, 1.82) is 0 Å². The normalized spacial score (nSPS) is 21.1. The topological polar surface area (TPSA) is 42.2 Å². The van der Waals surface area contributed by atoms with Gasteiger partial charge in [-0.2, -0.15) is 0 Å². The second-order valence-electron chi connectivity index (χ2n) is 4.73. The number of nitrogens with two attached hydrogens (primary N) is 1. The monoisotopic (exact) mass is 219 g/mol. The number of piperidine rings is 1. The van der Waals surface area contributed by atoms with E-state index in [2.05, 4.69) is 16.8 Å². The zero-order valence-electron chi connectivity index (χ0n) is 10.2. The predicted molar refractivity (Wildman–Crippen MR) is 68.6 cm³/mol. The van der Waals surface area contributed by atoms with Crippen molar-refractivity contribution in [3.8, 4) is 0 Å². The Morgan fingerprint density at radius 3 is 3.06 bits per heavy atom. The lowest BCUT2D eigenvalue weighted by atomic mass is 9.95. The Labute approximate surface area is 97.7 Å². The van der Waals surface area contributed by atoms with Crippen molar-refractivity contribution in [2.24, 2.45) is 5.92 Å². The van der Waals surface area contributed by atoms with Crippen LogP contribution in [-0.2, 0) is 0 Å². The lowest BCUT2D eigenvalue weighted by Gasteiger charge is -2.33. The van der Waals surface area contributed by atoms with Crippen LogP contribution in [0.15, 0.2) is 12.1 Å². The highest BCUT2D eigenvalue weighted by molar-refractivity contribution is 5.63. The van der Waals surface area contributed by atoms with Crippen molar-refractivity contribution in [2.75, 3.05) is 23.7 Å². The Kier molecular flexibility index (Phi) is 3.32. The van der Waals surface area contributed by atoms with Gasteiger partial charge in [-0.1, -0.05) is 13.3 Å². The number of aromatic nitrogens is 1. The summed E-state index contributed by atoms with van der Waals surface area (Å²) in [5.41, 5.74) is 7.86. The Hall–Kier alpha value is -1.25. The van der Waals surface area contributed by atoms with Gasteiger partial charge in [0, 0.05) is 18.8 Å². The van der Waals surface area contributed by atoms with Crippen molar-refractivity contribution in [3.05, 3.63) is 17.8 Å². The molecule has 0 radical (unpaired) electrons. The van der Waals surface area contributed by atoms with E-state index in [4.69, 9.17) is 5.73 Å². The molecule has 3 nitrogen and oxygen atoms in total. The standard InChI is InChI=1S/C13H21N3/c1-3-11-5-4-8-16(9-11)13-12(14)7-6-10(2)15-13/h6-7,11H,3-5,8-9,14H2,1-2H3. The van der Waals surface area contributed by atoms with E-state index in [0.717, 1.165) is 36.2 Å². The molecule has 1 atom stereocenters. The van der Waals surface area contributed by atoms with E-state index in [1.165, 1.54) is 19.3 Å². The predicted octanol–water partition coefficient (Wildman–Crippen LogP) is 2.60. The average Bonchev–Trinajstić information content (AvgIpc) is 2.32. The molecule has 0 aromatic carbocycles. The van der Waals surface area contributed by atoms with Crippen LogP contribution in [0.25, 0.3) is 0 Å². The van der Waals surface area contributed by atoms with Gasteiger partial charge in [0.05, 0.1) is 5.69 Å². The maximum atomic E-state index is 6.00. The molecular formula is C13H21N3. The van der Waals surface area contributed by atoms with E-state index >= 15 is 0 Å². The minimum Gasteiger partial charge on any atom is -0.396 e. The molecule has 1 saturated heterocycles. The molecule has 2 rings (SSSR count). The molecule has 2 heterocycles. The quantitative estimate of drug-likeness (QED) is 0.831. The molecule has 1 unspecified atom stereocenters. The summed E-state index contributed by atoms with van der Waals surface area (Å²) in [6.45, 7) is 6.49. The first-order valence-electron chi connectivity index (χ1n) is 6.18. The van der Waals surface area contributed by atoms with Gasteiger partial charge in [0.1, 0.15) is 0 Å². The summed E-state index contributed by atoms with van der Waals surface area (Å²) in [7, 11) is 0. The van der Waals surface area contributed by atoms with Crippen molar-refractivity contribution in [3.63, 3.8) is 0 Å². The molecule has 1 fully saturated rings. The molecule has 1 aliphatic heterocycles. The SMILES string of the molecule is CCC1CCCN(c2nc(C)ccc2N)C1. The van der Waals surface area contributed by atoms with Crippen molar-refractivity contribution < 1.29 is 0 Å². The van der Waals surface area contributed by atoms with E-state index in [1.807, 2.05) is 19.1 Å². The summed E-state index contributed by atoms with van der Waals surface area (Å²) in [5, 5.41) is 0. The first-order valence-corrected chi connectivity index (χ1v) is 6.18. The third-order valence-electron chi connectivity index (χ3n) is 3.44. The summed E-state index contributed by atoms with van der Waals surface area (Å²) in [4.78, 5) is 6.91. The van der Waals surface area contributed by atoms with Crippen LogP contribution in [-0.4, -0.2) is 18.1 Å². The Morgan fingerprint density at radius 1 is 1.50 bits per heavy atom. The van der Waals surface area contributed by atoms with Crippen LogP contribution in [0.5, 0.6) is 0 Å².